The van der Waals surface area contributed by atoms with E-state index in [1.807, 2.05) is 6.07 Å². The zero-order valence-electron chi connectivity index (χ0n) is 9.67. The summed E-state index contributed by atoms with van der Waals surface area (Å²) in [7, 11) is 0. The van der Waals surface area contributed by atoms with Crippen LogP contribution in [-0.4, -0.2) is 24.1 Å². The SMILES string of the molecule is Clc1ccc(Cl)c2sc(NC3CCNCC3)nc12. The van der Waals surface area contributed by atoms with Crippen LogP contribution in [0.25, 0.3) is 10.2 Å². The topological polar surface area (TPSA) is 37.0 Å². The third kappa shape index (κ3) is 2.43. The van der Waals surface area contributed by atoms with Gasteiger partial charge in [0.05, 0.1) is 14.7 Å². The molecule has 3 rings (SSSR count). The standard InChI is InChI=1S/C12H13Cl2N3S/c13-8-1-2-9(14)11-10(8)17-12(18-11)16-7-3-5-15-6-4-7/h1-2,7,15H,3-6H2,(H,16,17). The summed E-state index contributed by atoms with van der Waals surface area (Å²) in [6.45, 7) is 2.12. The Bertz CT molecular complexity index is 525. The molecule has 1 aromatic heterocycles. The Hall–Kier alpha value is -0.550. The highest BCUT2D eigenvalue weighted by Crippen LogP contribution is 2.36. The largest absolute Gasteiger partial charge is 0.359 e. The van der Waals surface area contributed by atoms with E-state index in [1.54, 1.807) is 17.4 Å². The van der Waals surface area contributed by atoms with Crippen LogP contribution in [0.4, 0.5) is 5.13 Å². The molecule has 3 nitrogen and oxygen atoms in total. The first-order chi connectivity index (χ1) is 8.74. The fraction of sp³-hybridized carbons (Fsp3) is 0.417. The molecule has 0 amide bonds. The molecular formula is C12H13Cl2N3S. The predicted octanol–water partition coefficient (Wildman–Crippen LogP) is 3.77. The van der Waals surface area contributed by atoms with Crippen LogP contribution in [0.3, 0.4) is 0 Å². The molecule has 2 heterocycles. The number of nitrogens with zero attached hydrogens (tertiary/aromatic N) is 1. The fourth-order valence-electron chi connectivity index (χ4n) is 2.15. The van der Waals surface area contributed by atoms with Gasteiger partial charge in [-0.15, -0.1) is 0 Å². The molecule has 0 spiro atoms. The number of anilines is 1. The van der Waals surface area contributed by atoms with Crippen molar-refractivity contribution in [3.63, 3.8) is 0 Å². The van der Waals surface area contributed by atoms with E-state index in [0.29, 0.717) is 16.1 Å². The minimum absolute atomic E-state index is 0.490. The van der Waals surface area contributed by atoms with Gasteiger partial charge in [0.2, 0.25) is 0 Å². The highest BCUT2D eigenvalue weighted by atomic mass is 35.5. The van der Waals surface area contributed by atoms with Gasteiger partial charge in [-0.25, -0.2) is 4.98 Å². The van der Waals surface area contributed by atoms with Crippen LogP contribution in [0, 0.1) is 0 Å². The number of aromatic nitrogens is 1. The Labute approximate surface area is 119 Å². The maximum atomic E-state index is 6.16. The maximum absolute atomic E-state index is 6.16. The average molecular weight is 302 g/mol. The normalized spacial score (nSPS) is 17.2. The third-order valence-corrected chi connectivity index (χ3v) is 4.86. The summed E-state index contributed by atoms with van der Waals surface area (Å²) in [6, 6.07) is 4.10. The van der Waals surface area contributed by atoms with Crippen molar-refractivity contribution in [1.82, 2.24) is 10.3 Å². The summed E-state index contributed by atoms with van der Waals surface area (Å²) >= 11 is 13.9. The van der Waals surface area contributed by atoms with Crippen molar-refractivity contribution in [2.75, 3.05) is 18.4 Å². The lowest BCUT2D eigenvalue weighted by atomic mass is 10.1. The predicted molar refractivity (Wildman–Crippen MR) is 79.2 cm³/mol. The number of fused-ring (bicyclic) bond motifs is 1. The Morgan fingerprint density at radius 1 is 1.22 bits per heavy atom. The molecule has 2 N–H and O–H groups in total. The first-order valence-corrected chi connectivity index (χ1v) is 7.53. The molecular weight excluding hydrogens is 289 g/mol. The maximum Gasteiger partial charge on any atom is 0.184 e. The molecule has 1 saturated heterocycles. The van der Waals surface area contributed by atoms with E-state index in [0.717, 1.165) is 41.3 Å². The quantitative estimate of drug-likeness (QED) is 0.886. The van der Waals surface area contributed by atoms with E-state index in [1.165, 1.54) is 0 Å². The lowest BCUT2D eigenvalue weighted by Crippen LogP contribution is -2.35. The van der Waals surface area contributed by atoms with E-state index in [9.17, 15) is 0 Å². The summed E-state index contributed by atoms with van der Waals surface area (Å²) in [5.74, 6) is 0. The van der Waals surface area contributed by atoms with Crippen LogP contribution < -0.4 is 10.6 Å². The zero-order chi connectivity index (χ0) is 12.5. The van der Waals surface area contributed by atoms with Gasteiger partial charge in [-0.3, -0.25) is 0 Å². The van der Waals surface area contributed by atoms with Gasteiger partial charge < -0.3 is 10.6 Å². The van der Waals surface area contributed by atoms with Crippen LogP contribution in [0.5, 0.6) is 0 Å². The minimum Gasteiger partial charge on any atom is -0.359 e. The summed E-state index contributed by atoms with van der Waals surface area (Å²) in [4.78, 5) is 4.54. The molecule has 1 aliphatic rings. The molecule has 96 valence electrons. The Kier molecular flexibility index (Phi) is 3.61. The number of hydrogen-bond donors (Lipinski definition) is 2. The van der Waals surface area contributed by atoms with Gasteiger partial charge in [-0.2, -0.15) is 0 Å². The van der Waals surface area contributed by atoms with E-state index < -0.39 is 0 Å². The van der Waals surface area contributed by atoms with Crippen LogP contribution >= 0.6 is 34.5 Å². The van der Waals surface area contributed by atoms with Gasteiger partial charge in [-0.1, -0.05) is 34.5 Å². The summed E-state index contributed by atoms with van der Waals surface area (Å²) in [5.41, 5.74) is 0.797. The van der Waals surface area contributed by atoms with E-state index in [-0.39, 0.29) is 0 Å². The highest BCUT2D eigenvalue weighted by Gasteiger charge is 2.16. The van der Waals surface area contributed by atoms with Crippen molar-refractivity contribution in [3.8, 4) is 0 Å². The molecule has 1 fully saturated rings. The highest BCUT2D eigenvalue weighted by molar-refractivity contribution is 7.22. The molecule has 18 heavy (non-hydrogen) atoms. The van der Waals surface area contributed by atoms with Gasteiger partial charge >= 0.3 is 0 Å². The van der Waals surface area contributed by atoms with Crippen molar-refractivity contribution < 1.29 is 0 Å². The van der Waals surface area contributed by atoms with Crippen LogP contribution in [0.1, 0.15) is 12.8 Å². The number of thiazole rings is 1. The monoisotopic (exact) mass is 301 g/mol. The second kappa shape index (κ2) is 5.21. The summed E-state index contributed by atoms with van der Waals surface area (Å²) in [6.07, 6.45) is 2.24. The smallest absolute Gasteiger partial charge is 0.184 e. The molecule has 6 heteroatoms. The lowest BCUT2D eigenvalue weighted by molar-refractivity contribution is 0.479. The average Bonchev–Trinajstić information content (AvgIpc) is 2.80. The van der Waals surface area contributed by atoms with Crippen LogP contribution in [0.15, 0.2) is 12.1 Å². The molecule has 2 aromatic rings. The van der Waals surface area contributed by atoms with Gasteiger partial charge in [0.1, 0.15) is 5.52 Å². The number of halogens is 2. The first-order valence-electron chi connectivity index (χ1n) is 5.96. The molecule has 1 aliphatic heterocycles. The van der Waals surface area contributed by atoms with Crippen molar-refractivity contribution >= 4 is 49.9 Å². The van der Waals surface area contributed by atoms with Crippen molar-refractivity contribution in [2.24, 2.45) is 0 Å². The Morgan fingerprint density at radius 2 is 1.94 bits per heavy atom. The van der Waals surface area contributed by atoms with Crippen molar-refractivity contribution in [3.05, 3.63) is 22.2 Å². The lowest BCUT2D eigenvalue weighted by Gasteiger charge is -2.23. The van der Waals surface area contributed by atoms with Crippen LogP contribution in [-0.2, 0) is 0 Å². The minimum atomic E-state index is 0.490. The van der Waals surface area contributed by atoms with Crippen molar-refractivity contribution in [1.29, 1.82) is 0 Å². The molecule has 0 aliphatic carbocycles. The van der Waals surface area contributed by atoms with E-state index in [4.69, 9.17) is 23.2 Å². The number of benzene rings is 1. The van der Waals surface area contributed by atoms with E-state index in [2.05, 4.69) is 15.6 Å². The second-order valence-electron chi connectivity index (χ2n) is 4.39. The molecule has 0 bridgehead atoms. The molecule has 0 saturated carbocycles. The van der Waals surface area contributed by atoms with Gasteiger partial charge in [-0.05, 0) is 38.1 Å². The number of piperidine rings is 1. The molecule has 0 radical (unpaired) electrons. The Balaban J connectivity index is 1.88. The summed E-state index contributed by atoms with van der Waals surface area (Å²) < 4.78 is 0.959. The zero-order valence-corrected chi connectivity index (χ0v) is 12.0. The third-order valence-electron chi connectivity index (χ3n) is 3.11. The van der Waals surface area contributed by atoms with Crippen molar-refractivity contribution in [2.45, 2.75) is 18.9 Å². The van der Waals surface area contributed by atoms with Gasteiger partial charge in [0.15, 0.2) is 5.13 Å². The number of hydrogen-bond acceptors (Lipinski definition) is 4. The molecule has 0 unspecified atom stereocenters. The first kappa shape index (κ1) is 12.5. The Morgan fingerprint density at radius 3 is 2.67 bits per heavy atom. The fourth-order valence-corrected chi connectivity index (χ4v) is 3.65. The van der Waals surface area contributed by atoms with Crippen LogP contribution in [0.2, 0.25) is 10.0 Å². The number of rotatable bonds is 2. The second-order valence-corrected chi connectivity index (χ2v) is 6.21. The molecule has 0 atom stereocenters. The summed E-state index contributed by atoms with van der Waals surface area (Å²) in [5, 5.41) is 9.10. The van der Waals surface area contributed by atoms with Gasteiger partial charge in [0, 0.05) is 6.04 Å². The molecule has 1 aromatic carbocycles. The number of nitrogens with one attached hydrogen (secondary N) is 2. The van der Waals surface area contributed by atoms with E-state index >= 15 is 0 Å². The van der Waals surface area contributed by atoms with Gasteiger partial charge in [0.25, 0.3) is 0 Å².